The summed E-state index contributed by atoms with van der Waals surface area (Å²) in [5.41, 5.74) is 2.35. The predicted molar refractivity (Wildman–Crippen MR) is 70.8 cm³/mol. The molecule has 92 valence electrons. The molecule has 0 N–H and O–H groups in total. The van der Waals surface area contributed by atoms with Crippen LogP contribution in [0.1, 0.15) is 27.0 Å². The Balaban J connectivity index is 2.55. The van der Waals surface area contributed by atoms with Crippen LogP contribution >= 0.6 is 11.6 Å². The molecule has 2 rings (SSSR count). The van der Waals surface area contributed by atoms with E-state index in [2.05, 4.69) is 0 Å². The average Bonchev–Trinajstić information content (AvgIpc) is 2.35. The van der Waals surface area contributed by atoms with E-state index in [4.69, 9.17) is 11.6 Å². The van der Waals surface area contributed by atoms with Crippen molar-refractivity contribution in [1.82, 2.24) is 0 Å². The second kappa shape index (κ2) is 4.91. The number of carbonyl (C=O) groups excluding carboxylic acids is 1. The third-order valence-electron chi connectivity index (χ3n) is 2.96. The lowest BCUT2D eigenvalue weighted by Crippen LogP contribution is -2.06. The van der Waals surface area contributed by atoms with Gasteiger partial charge >= 0.3 is 0 Å². The monoisotopic (exact) mass is 262 g/mol. The van der Waals surface area contributed by atoms with E-state index in [9.17, 15) is 9.18 Å². The number of ketones is 1. The van der Waals surface area contributed by atoms with E-state index in [0.717, 1.165) is 5.56 Å². The molecule has 0 saturated heterocycles. The molecule has 3 heteroatoms. The molecule has 0 radical (unpaired) electrons. The van der Waals surface area contributed by atoms with Crippen LogP contribution in [0.15, 0.2) is 36.4 Å². The Hall–Kier alpha value is -1.67. The molecule has 0 aromatic heterocycles. The van der Waals surface area contributed by atoms with E-state index in [1.807, 2.05) is 0 Å². The van der Waals surface area contributed by atoms with Crippen molar-refractivity contribution in [2.24, 2.45) is 0 Å². The van der Waals surface area contributed by atoms with Gasteiger partial charge in [0.25, 0.3) is 0 Å². The summed E-state index contributed by atoms with van der Waals surface area (Å²) < 4.78 is 13.2. The highest BCUT2D eigenvalue weighted by Crippen LogP contribution is 2.23. The summed E-state index contributed by atoms with van der Waals surface area (Å²) in [5, 5.41) is 0.537. The van der Waals surface area contributed by atoms with Gasteiger partial charge < -0.3 is 0 Å². The van der Waals surface area contributed by atoms with Crippen molar-refractivity contribution in [3.05, 3.63) is 69.5 Å². The minimum atomic E-state index is -0.413. The number of hydrogen-bond acceptors (Lipinski definition) is 1. The molecule has 0 spiro atoms. The predicted octanol–water partition coefficient (Wildman–Crippen LogP) is 4.33. The summed E-state index contributed by atoms with van der Waals surface area (Å²) in [6, 6.07) is 9.36. The lowest BCUT2D eigenvalue weighted by molar-refractivity contribution is 0.103. The van der Waals surface area contributed by atoms with Crippen LogP contribution in [0.2, 0.25) is 5.02 Å². The first-order valence-electron chi connectivity index (χ1n) is 5.56. The highest BCUT2D eigenvalue weighted by atomic mass is 35.5. The average molecular weight is 263 g/mol. The molecule has 0 amide bonds. The highest BCUT2D eigenvalue weighted by molar-refractivity contribution is 6.32. The molecule has 0 saturated carbocycles. The van der Waals surface area contributed by atoms with Crippen LogP contribution in [0, 0.1) is 19.7 Å². The number of hydrogen-bond donors (Lipinski definition) is 0. The summed E-state index contributed by atoms with van der Waals surface area (Å²) in [7, 11) is 0. The molecular formula is C15H12ClFO. The Labute approximate surface area is 110 Å². The first-order chi connectivity index (χ1) is 8.50. The Morgan fingerprint density at radius 2 is 1.83 bits per heavy atom. The Kier molecular flexibility index (Phi) is 3.48. The van der Waals surface area contributed by atoms with E-state index < -0.39 is 5.82 Å². The lowest BCUT2D eigenvalue weighted by Gasteiger charge is -2.08. The zero-order chi connectivity index (χ0) is 13.3. The van der Waals surface area contributed by atoms with Crippen LogP contribution in [-0.4, -0.2) is 5.78 Å². The van der Waals surface area contributed by atoms with E-state index in [-0.39, 0.29) is 5.78 Å². The number of benzene rings is 2. The molecule has 0 bridgehead atoms. The topological polar surface area (TPSA) is 17.1 Å². The molecule has 0 aliphatic carbocycles. The normalized spacial score (nSPS) is 10.4. The van der Waals surface area contributed by atoms with Crippen molar-refractivity contribution in [2.75, 3.05) is 0 Å². The van der Waals surface area contributed by atoms with Crippen LogP contribution in [-0.2, 0) is 0 Å². The third-order valence-corrected chi connectivity index (χ3v) is 3.37. The maximum atomic E-state index is 13.2. The molecule has 2 aromatic rings. The Bertz CT molecular complexity index is 616. The minimum Gasteiger partial charge on any atom is -0.289 e. The molecule has 0 unspecified atom stereocenters. The van der Waals surface area contributed by atoms with Crippen molar-refractivity contribution in [3.8, 4) is 0 Å². The third kappa shape index (κ3) is 2.29. The second-order valence-corrected chi connectivity index (χ2v) is 4.61. The molecule has 0 aliphatic rings. The minimum absolute atomic E-state index is 0.202. The Morgan fingerprint density at radius 1 is 1.11 bits per heavy atom. The fourth-order valence-corrected chi connectivity index (χ4v) is 2.01. The smallest absolute Gasteiger partial charge is 0.193 e. The van der Waals surface area contributed by atoms with Crippen molar-refractivity contribution in [3.63, 3.8) is 0 Å². The van der Waals surface area contributed by atoms with Crippen LogP contribution in [0.4, 0.5) is 4.39 Å². The first-order valence-corrected chi connectivity index (χ1v) is 5.94. The van der Waals surface area contributed by atoms with E-state index in [0.29, 0.717) is 21.7 Å². The van der Waals surface area contributed by atoms with Gasteiger partial charge in [0.15, 0.2) is 5.78 Å². The summed E-state index contributed by atoms with van der Waals surface area (Å²) in [4.78, 5) is 12.4. The SMILES string of the molecule is Cc1ccc(F)cc1C(=O)c1cccc(Cl)c1C. The van der Waals surface area contributed by atoms with Crippen LogP contribution in [0.5, 0.6) is 0 Å². The van der Waals surface area contributed by atoms with Gasteiger partial charge in [0.05, 0.1) is 0 Å². The molecule has 0 aliphatic heterocycles. The number of halogens is 2. The van der Waals surface area contributed by atoms with Gasteiger partial charge in [-0.1, -0.05) is 29.8 Å². The summed E-state index contributed by atoms with van der Waals surface area (Å²) in [6.07, 6.45) is 0. The fourth-order valence-electron chi connectivity index (χ4n) is 1.84. The summed E-state index contributed by atoms with van der Waals surface area (Å²) >= 11 is 5.99. The van der Waals surface area contributed by atoms with Crippen molar-refractivity contribution >= 4 is 17.4 Å². The van der Waals surface area contributed by atoms with Gasteiger partial charge in [0, 0.05) is 16.1 Å². The van der Waals surface area contributed by atoms with E-state index in [1.165, 1.54) is 12.1 Å². The van der Waals surface area contributed by atoms with Gasteiger partial charge in [-0.25, -0.2) is 4.39 Å². The van der Waals surface area contributed by atoms with E-state index in [1.54, 1.807) is 38.1 Å². The quantitative estimate of drug-likeness (QED) is 0.737. The van der Waals surface area contributed by atoms with Gasteiger partial charge in [0.2, 0.25) is 0 Å². The van der Waals surface area contributed by atoms with Gasteiger partial charge in [0.1, 0.15) is 5.82 Å². The molecule has 1 nitrogen and oxygen atoms in total. The molecule has 0 atom stereocenters. The lowest BCUT2D eigenvalue weighted by atomic mass is 9.96. The fraction of sp³-hybridized carbons (Fsp3) is 0.133. The van der Waals surface area contributed by atoms with Crippen molar-refractivity contribution in [2.45, 2.75) is 13.8 Å². The summed E-state index contributed by atoms with van der Waals surface area (Å²) in [6.45, 7) is 3.57. The number of carbonyl (C=O) groups is 1. The van der Waals surface area contributed by atoms with Crippen LogP contribution < -0.4 is 0 Å². The molecule has 0 heterocycles. The first kappa shape index (κ1) is 12.8. The van der Waals surface area contributed by atoms with Crippen molar-refractivity contribution in [1.29, 1.82) is 0 Å². The zero-order valence-electron chi connectivity index (χ0n) is 10.1. The van der Waals surface area contributed by atoms with Gasteiger partial charge in [-0.15, -0.1) is 0 Å². The summed E-state index contributed by atoms with van der Waals surface area (Å²) in [5.74, 6) is -0.615. The maximum absolute atomic E-state index is 13.2. The Morgan fingerprint density at radius 3 is 2.56 bits per heavy atom. The zero-order valence-corrected chi connectivity index (χ0v) is 10.9. The van der Waals surface area contributed by atoms with Crippen LogP contribution in [0.25, 0.3) is 0 Å². The molecule has 0 fully saturated rings. The molecular weight excluding hydrogens is 251 g/mol. The number of rotatable bonds is 2. The van der Waals surface area contributed by atoms with Gasteiger partial charge in [-0.05, 0) is 43.2 Å². The molecule has 2 aromatic carbocycles. The number of aryl methyl sites for hydroxylation is 1. The van der Waals surface area contributed by atoms with Crippen molar-refractivity contribution < 1.29 is 9.18 Å². The van der Waals surface area contributed by atoms with Gasteiger partial charge in [-0.2, -0.15) is 0 Å². The van der Waals surface area contributed by atoms with Gasteiger partial charge in [-0.3, -0.25) is 4.79 Å². The molecule has 18 heavy (non-hydrogen) atoms. The largest absolute Gasteiger partial charge is 0.289 e. The standard InChI is InChI=1S/C15H12ClFO/c1-9-6-7-11(17)8-13(9)15(18)12-4-3-5-14(16)10(12)2/h3-8H,1-2H3. The van der Waals surface area contributed by atoms with E-state index >= 15 is 0 Å². The van der Waals surface area contributed by atoms with Crippen LogP contribution in [0.3, 0.4) is 0 Å². The maximum Gasteiger partial charge on any atom is 0.193 e. The highest BCUT2D eigenvalue weighted by Gasteiger charge is 2.15. The second-order valence-electron chi connectivity index (χ2n) is 4.20.